The number of rotatable bonds is 4. The van der Waals surface area contributed by atoms with Crippen molar-refractivity contribution in [2.24, 2.45) is 0 Å². The number of hydrogen-bond acceptors (Lipinski definition) is 5. The summed E-state index contributed by atoms with van der Waals surface area (Å²) in [6.45, 7) is 0. The molecule has 1 saturated carbocycles. The average Bonchev–Trinajstić information content (AvgIpc) is 3.16. The molecule has 3 N–H and O–H groups in total. The van der Waals surface area contributed by atoms with Gasteiger partial charge >= 0.3 is 12.1 Å². The average molecular weight is 393 g/mol. The van der Waals surface area contributed by atoms with Crippen molar-refractivity contribution in [1.29, 1.82) is 0 Å². The van der Waals surface area contributed by atoms with Crippen molar-refractivity contribution < 1.29 is 22.8 Å². The predicted molar refractivity (Wildman–Crippen MR) is 93.9 cm³/mol. The molecule has 0 aliphatic heterocycles. The summed E-state index contributed by atoms with van der Waals surface area (Å²) in [5.41, 5.74) is 3.69. The molecule has 7 nitrogen and oxygen atoms in total. The second-order valence-corrected chi connectivity index (χ2v) is 6.48. The lowest BCUT2D eigenvalue weighted by Crippen LogP contribution is -2.47. The first kappa shape index (κ1) is 19.6. The van der Waals surface area contributed by atoms with Gasteiger partial charge in [-0.15, -0.1) is 0 Å². The minimum absolute atomic E-state index is 0.0896. The van der Waals surface area contributed by atoms with Crippen molar-refractivity contribution in [3.63, 3.8) is 0 Å². The Labute approximate surface area is 158 Å². The molecule has 3 rings (SSSR count). The number of benzene rings is 1. The highest BCUT2D eigenvalue weighted by Crippen LogP contribution is 2.40. The minimum Gasteiger partial charge on any atom is -0.345 e. The van der Waals surface area contributed by atoms with Gasteiger partial charge in [-0.05, 0) is 18.4 Å². The number of aromatic nitrogens is 2. The molecule has 0 bridgehead atoms. The molecule has 1 fully saturated rings. The third kappa shape index (κ3) is 4.38. The molecule has 0 spiro atoms. The Morgan fingerprint density at radius 2 is 1.57 bits per heavy atom. The summed E-state index contributed by atoms with van der Waals surface area (Å²) in [7, 11) is 0. The molecule has 1 aromatic heterocycles. The fraction of sp³-hybridized carbons (Fsp3) is 0.333. The zero-order chi connectivity index (χ0) is 20.2. The fourth-order valence-electron chi connectivity index (χ4n) is 3.20. The van der Waals surface area contributed by atoms with Crippen LogP contribution in [0.5, 0.6) is 0 Å². The SMILES string of the molecule is O=C(NNC(=O)C(F)(F)F)c1cnc(NC2(c3ccccc3)CCCC2)nc1. The molecule has 1 aromatic carbocycles. The van der Waals surface area contributed by atoms with Crippen LogP contribution < -0.4 is 16.2 Å². The molecule has 28 heavy (non-hydrogen) atoms. The minimum atomic E-state index is -5.09. The maximum atomic E-state index is 12.1. The molecule has 0 radical (unpaired) electrons. The van der Waals surface area contributed by atoms with E-state index in [0.29, 0.717) is 5.95 Å². The molecule has 2 amide bonds. The van der Waals surface area contributed by atoms with E-state index in [2.05, 4.69) is 15.3 Å². The summed E-state index contributed by atoms with van der Waals surface area (Å²) < 4.78 is 36.4. The largest absolute Gasteiger partial charge is 0.472 e. The maximum absolute atomic E-state index is 12.1. The van der Waals surface area contributed by atoms with Crippen molar-refractivity contribution in [3.05, 3.63) is 53.9 Å². The van der Waals surface area contributed by atoms with E-state index < -0.39 is 18.0 Å². The Bertz CT molecular complexity index is 835. The first-order chi connectivity index (χ1) is 13.3. The van der Waals surface area contributed by atoms with Crippen LogP contribution in [0.25, 0.3) is 0 Å². The monoisotopic (exact) mass is 393 g/mol. The van der Waals surface area contributed by atoms with Gasteiger partial charge in [-0.2, -0.15) is 13.2 Å². The molecule has 1 aliphatic rings. The topological polar surface area (TPSA) is 96.0 Å². The van der Waals surface area contributed by atoms with E-state index in [1.54, 1.807) is 5.43 Å². The molecular weight excluding hydrogens is 375 g/mol. The fourth-order valence-corrected chi connectivity index (χ4v) is 3.20. The standard InChI is InChI=1S/C18H18F3N5O2/c19-18(20,21)15(28)26-25-14(27)12-10-22-16(23-11-12)24-17(8-4-5-9-17)13-6-2-1-3-7-13/h1-3,6-7,10-11H,4-5,8-9H2,(H,25,27)(H,26,28)(H,22,23,24). The summed E-state index contributed by atoms with van der Waals surface area (Å²) in [5.74, 6) is -2.92. The van der Waals surface area contributed by atoms with Gasteiger partial charge in [0.1, 0.15) is 0 Å². The Balaban J connectivity index is 1.67. The molecule has 0 atom stereocenters. The van der Waals surface area contributed by atoms with Gasteiger partial charge in [0.05, 0.1) is 11.1 Å². The number of carbonyl (C=O) groups excluding carboxylic acids is 2. The smallest absolute Gasteiger partial charge is 0.345 e. The van der Waals surface area contributed by atoms with Crippen LogP contribution in [-0.4, -0.2) is 28.0 Å². The van der Waals surface area contributed by atoms with Gasteiger partial charge in [-0.1, -0.05) is 43.2 Å². The number of hydrogen-bond donors (Lipinski definition) is 3. The van der Waals surface area contributed by atoms with Crippen molar-refractivity contribution in [3.8, 4) is 0 Å². The number of alkyl halides is 3. The first-order valence-electron chi connectivity index (χ1n) is 8.63. The molecule has 148 valence electrons. The second-order valence-electron chi connectivity index (χ2n) is 6.48. The Kier molecular flexibility index (Phi) is 5.48. The highest BCUT2D eigenvalue weighted by atomic mass is 19.4. The molecule has 1 heterocycles. The van der Waals surface area contributed by atoms with E-state index in [-0.39, 0.29) is 11.1 Å². The molecule has 10 heteroatoms. The number of amides is 2. The van der Waals surface area contributed by atoms with Crippen molar-refractivity contribution in [2.75, 3.05) is 5.32 Å². The van der Waals surface area contributed by atoms with Crippen molar-refractivity contribution in [2.45, 2.75) is 37.4 Å². The number of hydrazine groups is 1. The van der Waals surface area contributed by atoms with Crippen LogP contribution >= 0.6 is 0 Å². The molecule has 0 unspecified atom stereocenters. The lowest BCUT2D eigenvalue weighted by molar-refractivity contribution is -0.174. The summed E-state index contributed by atoms with van der Waals surface area (Å²) in [6, 6.07) is 9.92. The second kappa shape index (κ2) is 7.83. The molecule has 0 saturated heterocycles. The van der Waals surface area contributed by atoms with Crippen LogP contribution in [0, 0.1) is 0 Å². The number of halogens is 3. The lowest BCUT2D eigenvalue weighted by atomic mass is 9.88. The molecule has 1 aliphatic carbocycles. The summed E-state index contributed by atoms with van der Waals surface area (Å²) >= 11 is 0. The Morgan fingerprint density at radius 1 is 0.964 bits per heavy atom. The predicted octanol–water partition coefficient (Wildman–Crippen LogP) is 2.68. The number of nitrogens with zero attached hydrogens (tertiary/aromatic N) is 2. The van der Waals surface area contributed by atoms with Gasteiger partial charge in [-0.3, -0.25) is 20.4 Å². The lowest BCUT2D eigenvalue weighted by Gasteiger charge is -2.31. The maximum Gasteiger partial charge on any atom is 0.472 e. The van der Waals surface area contributed by atoms with E-state index in [4.69, 9.17) is 0 Å². The van der Waals surface area contributed by atoms with E-state index in [1.807, 2.05) is 30.3 Å². The zero-order valence-corrected chi connectivity index (χ0v) is 14.7. The molecular formula is C18H18F3N5O2. The van der Waals surface area contributed by atoms with E-state index in [0.717, 1.165) is 31.2 Å². The van der Waals surface area contributed by atoms with E-state index in [1.165, 1.54) is 17.8 Å². The van der Waals surface area contributed by atoms with Crippen LogP contribution in [0.15, 0.2) is 42.7 Å². The highest BCUT2D eigenvalue weighted by molar-refractivity contribution is 5.95. The van der Waals surface area contributed by atoms with Crippen LogP contribution in [0.2, 0.25) is 0 Å². The quantitative estimate of drug-likeness (QED) is 0.694. The summed E-state index contributed by atoms with van der Waals surface area (Å²) in [5, 5.41) is 3.33. The Hall–Kier alpha value is -3.17. The zero-order valence-electron chi connectivity index (χ0n) is 14.7. The van der Waals surface area contributed by atoms with Gasteiger partial charge in [0.2, 0.25) is 5.95 Å². The van der Waals surface area contributed by atoms with E-state index in [9.17, 15) is 22.8 Å². The van der Waals surface area contributed by atoms with Gasteiger partial charge in [0.15, 0.2) is 0 Å². The Morgan fingerprint density at radius 3 is 2.14 bits per heavy atom. The van der Waals surface area contributed by atoms with Crippen LogP contribution in [-0.2, 0) is 10.3 Å². The van der Waals surface area contributed by atoms with Crippen LogP contribution in [0.3, 0.4) is 0 Å². The summed E-state index contributed by atoms with van der Waals surface area (Å²) in [4.78, 5) is 30.7. The summed E-state index contributed by atoms with van der Waals surface area (Å²) in [6.07, 6.45) is 1.20. The van der Waals surface area contributed by atoms with Gasteiger partial charge < -0.3 is 5.32 Å². The highest BCUT2D eigenvalue weighted by Gasteiger charge is 2.39. The van der Waals surface area contributed by atoms with Gasteiger partial charge in [0.25, 0.3) is 5.91 Å². The van der Waals surface area contributed by atoms with Crippen LogP contribution in [0.1, 0.15) is 41.6 Å². The third-order valence-corrected chi connectivity index (χ3v) is 4.60. The number of carbonyl (C=O) groups is 2. The van der Waals surface area contributed by atoms with Gasteiger partial charge in [-0.25, -0.2) is 9.97 Å². The molecule has 2 aromatic rings. The van der Waals surface area contributed by atoms with Crippen molar-refractivity contribution in [1.82, 2.24) is 20.8 Å². The normalized spacial score (nSPS) is 15.7. The van der Waals surface area contributed by atoms with Gasteiger partial charge in [0, 0.05) is 12.4 Å². The number of anilines is 1. The van der Waals surface area contributed by atoms with Crippen molar-refractivity contribution >= 4 is 17.8 Å². The number of nitrogens with one attached hydrogen (secondary N) is 3. The van der Waals surface area contributed by atoms with E-state index >= 15 is 0 Å². The first-order valence-corrected chi connectivity index (χ1v) is 8.63. The van der Waals surface area contributed by atoms with Crippen LogP contribution in [0.4, 0.5) is 19.1 Å². The third-order valence-electron chi connectivity index (χ3n) is 4.60.